The molecule has 4 rings (SSSR count). The molecule has 0 unspecified atom stereocenters. The van der Waals surface area contributed by atoms with Gasteiger partial charge in [0.25, 0.3) is 5.91 Å². The van der Waals surface area contributed by atoms with Crippen molar-refractivity contribution < 1.29 is 20.7 Å². The number of carbonyl (C=O) groups excluding carboxylic acids is 1. The molecule has 1 aromatic carbocycles. The SMILES string of the molecule is [2H]C([2H])(c1ccc(C(F)(F)F)cn1)N(N)C(=O)c1ccc2ncc3c(C)nn(C)c3c2c1. The number of carbonyl (C=O) groups is 1. The highest BCUT2D eigenvalue weighted by molar-refractivity contribution is 6.07. The van der Waals surface area contributed by atoms with E-state index in [1.165, 1.54) is 12.1 Å². The third-order valence-corrected chi connectivity index (χ3v) is 4.64. The first kappa shape index (κ1) is 17.3. The first-order chi connectivity index (χ1) is 14.9. The predicted octanol–water partition coefficient (Wildman–Crippen LogP) is 3.36. The number of alkyl halides is 3. The Bertz CT molecular complexity index is 1350. The molecule has 0 aliphatic carbocycles. The minimum absolute atomic E-state index is 0.0731. The van der Waals surface area contributed by atoms with Crippen LogP contribution in [0.4, 0.5) is 13.2 Å². The molecule has 7 nitrogen and oxygen atoms in total. The van der Waals surface area contributed by atoms with Crippen LogP contribution in [0.25, 0.3) is 21.8 Å². The molecule has 0 spiro atoms. The number of nitrogens with two attached hydrogens (primary N) is 1. The number of hydrazine groups is 1. The molecule has 0 saturated heterocycles. The van der Waals surface area contributed by atoms with E-state index in [1.807, 2.05) is 6.92 Å². The lowest BCUT2D eigenvalue weighted by Gasteiger charge is -2.17. The molecular weight excluding hydrogens is 397 g/mol. The van der Waals surface area contributed by atoms with Gasteiger partial charge in [-0.2, -0.15) is 18.3 Å². The molecule has 3 heterocycles. The van der Waals surface area contributed by atoms with Gasteiger partial charge in [-0.15, -0.1) is 0 Å². The fourth-order valence-electron chi connectivity index (χ4n) is 3.19. The maximum Gasteiger partial charge on any atom is 0.417 e. The zero-order chi connectivity index (χ0) is 23.4. The van der Waals surface area contributed by atoms with Crippen LogP contribution >= 0.6 is 0 Å². The average molecular weight is 416 g/mol. The largest absolute Gasteiger partial charge is 0.417 e. The molecule has 30 heavy (non-hydrogen) atoms. The smallest absolute Gasteiger partial charge is 0.271 e. The Balaban J connectivity index is 1.72. The minimum atomic E-state index is -4.62. The number of rotatable bonds is 3. The second kappa shape index (κ2) is 7.06. The number of halogens is 3. The molecule has 4 aromatic rings. The van der Waals surface area contributed by atoms with Gasteiger partial charge in [0.1, 0.15) is 0 Å². The summed E-state index contributed by atoms with van der Waals surface area (Å²) >= 11 is 0. The average Bonchev–Trinajstić information content (AvgIpc) is 3.05. The molecule has 2 N–H and O–H groups in total. The van der Waals surface area contributed by atoms with Gasteiger partial charge in [-0.1, -0.05) is 0 Å². The Morgan fingerprint density at radius 3 is 2.63 bits per heavy atom. The van der Waals surface area contributed by atoms with E-state index < -0.39 is 29.8 Å². The van der Waals surface area contributed by atoms with E-state index in [-0.39, 0.29) is 5.56 Å². The van der Waals surface area contributed by atoms with Gasteiger partial charge in [0.2, 0.25) is 0 Å². The number of benzene rings is 1. The fourth-order valence-corrected chi connectivity index (χ4v) is 3.19. The monoisotopic (exact) mass is 416 g/mol. The number of aryl methyl sites for hydroxylation is 2. The zero-order valence-electron chi connectivity index (χ0n) is 17.9. The van der Waals surface area contributed by atoms with Crippen LogP contribution < -0.4 is 5.84 Å². The maximum absolute atomic E-state index is 13.0. The van der Waals surface area contributed by atoms with E-state index in [0.717, 1.165) is 22.7 Å². The summed E-state index contributed by atoms with van der Waals surface area (Å²) in [5.74, 6) is 4.91. The summed E-state index contributed by atoms with van der Waals surface area (Å²) in [6.45, 7) is -0.832. The molecule has 0 bridgehead atoms. The second-order valence-electron chi connectivity index (χ2n) is 6.68. The number of aromatic nitrogens is 4. The first-order valence-corrected chi connectivity index (χ1v) is 8.76. The van der Waals surface area contributed by atoms with Gasteiger partial charge in [-0.3, -0.25) is 24.5 Å². The van der Waals surface area contributed by atoms with E-state index in [0.29, 0.717) is 28.2 Å². The van der Waals surface area contributed by atoms with E-state index in [2.05, 4.69) is 15.1 Å². The summed E-state index contributed by atoms with van der Waals surface area (Å²) in [6, 6.07) is 6.11. The summed E-state index contributed by atoms with van der Waals surface area (Å²) < 4.78 is 56.3. The normalized spacial score (nSPS) is 13.4. The van der Waals surface area contributed by atoms with Crippen LogP contribution in [-0.4, -0.2) is 30.7 Å². The molecule has 0 radical (unpaired) electrons. The predicted molar refractivity (Wildman–Crippen MR) is 104 cm³/mol. The third-order valence-electron chi connectivity index (χ3n) is 4.64. The molecule has 0 aliphatic heterocycles. The van der Waals surface area contributed by atoms with Crippen molar-refractivity contribution >= 4 is 27.7 Å². The lowest BCUT2D eigenvalue weighted by Crippen LogP contribution is -2.37. The van der Waals surface area contributed by atoms with Gasteiger partial charge in [0.15, 0.2) is 0 Å². The highest BCUT2D eigenvalue weighted by atomic mass is 19.4. The fraction of sp³-hybridized carbons (Fsp3) is 0.200. The van der Waals surface area contributed by atoms with E-state index >= 15 is 0 Å². The van der Waals surface area contributed by atoms with Crippen LogP contribution in [0.1, 0.15) is 30.1 Å². The van der Waals surface area contributed by atoms with Crippen molar-refractivity contribution in [2.24, 2.45) is 12.9 Å². The molecule has 3 aromatic heterocycles. The van der Waals surface area contributed by atoms with Crippen molar-refractivity contribution in [1.82, 2.24) is 24.8 Å². The van der Waals surface area contributed by atoms with Crippen molar-refractivity contribution in [3.8, 4) is 0 Å². The number of pyridine rings is 2. The maximum atomic E-state index is 13.0. The molecule has 0 atom stereocenters. The van der Waals surface area contributed by atoms with Crippen LogP contribution in [-0.2, 0) is 19.7 Å². The van der Waals surface area contributed by atoms with E-state index in [4.69, 9.17) is 8.58 Å². The van der Waals surface area contributed by atoms with Crippen molar-refractivity contribution in [2.45, 2.75) is 19.6 Å². The molecule has 10 heteroatoms. The number of nitrogens with zero attached hydrogens (tertiary/aromatic N) is 5. The van der Waals surface area contributed by atoms with Crippen LogP contribution in [0.15, 0.2) is 42.7 Å². The summed E-state index contributed by atoms with van der Waals surface area (Å²) in [5, 5.41) is 6.10. The summed E-state index contributed by atoms with van der Waals surface area (Å²) in [6.07, 6.45) is -2.44. The van der Waals surface area contributed by atoms with Crippen LogP contribution in [0.2, 0.25) is 0 Å². The van der Waals surface area contributed by atoms with Gasteiger partial charge >= 0.3 is 6.18 Å². The van der Waals surface area contributed by atoms with Gasteiger partial charge in [-0.05, 0) is 37.3 Å². The van der Waals surface area contributed by atoms with E-state index in [9.17, 15) is 18.0 Å². The van der Waals surface area contributed by atoms with Crippen molar-refractivity contribution in [3.63, 3.8) is 0 Å². The first-order valence-electron chi connectivity index (χ1n) is 9.76. The highest BCUT2D eigenvalue weighted by Crippen LogP contribution is 2.29. The van der Waals surface area contributed by atoms with Gasteiger partial charge < -0.3 is 0 Å². The number of hydrogen-bond donors (Lipinski definition) is 1. The molecular formula is C20H17F3N6O. The zero-order valence-corrected chi connectivity index (χ0v) is 15.9. The lowest BCUT2D eigenvalue weighted by molar-refractivity contribution is -0.137. The highest BCUT2D eigenvalue weighted by Gasteiger charge is 2.30. The number of fused-ring (bicyclic) bond motifs is 3. The molecule has 154 valence electrons. The van der Waals surface area contributed by atoms with Crippen molar-refractivity contribution in [3.05, 3.63) is 65.2 Å². The van der Waals surface area contributed by atoms with Crippen molar-refractivity contribution in [1.29, 1.82) is 0 Å². The number of amides is 1. The Morgan fingerprint density at radius 2 is 1.97 bits per heavy atom. The lowest BCUT2D eigenvalue weighted by atomic mass is 10.1. The van der Waals surface area contributed by atoms with Gasteiger partial charge in [-0.25, -0.2) is 5.84 Å². The Kier molecular flexibility index (Phi) is 4.08. The van der Waals surface area contributed by atoms with Crippen LogP contribution in [0.5, 0.6) is 0 Å². The summed E-state index contributed by atoms with van der Waals surface area (Å²) in [4.78, 5) is 20.9. The molecule has 0 aliphatic rings. The minimum Gasteiger partial charge on any atom is -0.271 e. The molecule has 1 amide bonds. The number of hydrogen-bond acceptors (Lipinski definition) is 5. The van der Waals surface area contributed by atoms with Gasteiger partial charge in [0, 0.05) is 35.8 Å². The van der Waals surface area contributed by atoms with Crippen LogP contribution in [0.3, 0.4) is 0 Å². The van der Waals surface area contributed by atoms with E-state index in [1.54, 1.807) is 24.0 Å². The third kappa shape index (κ3) is 3.45. The quantitative estimate of drug-likeness (QED) is 0.314. The second-order valence-corrected chi connectivity index (χ2v) is 6.68. The standard InChI is InChI=1S/C20H17F3N6O/c1-11-16-9-26-17-6-3-12(7-15(17)18(16)28(2)27-11)19(30)29(24)10-14-5-4-13(8-25-14)20(21,22)23/h3-9H,10,24H2,1-2H3/i10D2. The van der Waals surface area contributed by atoms with Crippen LogP contribution in [0, 0.1) is 6.92 Å². The Hall–Kier alpha value is -3.53. The topological polar surface area (TPSA) is 89.9 Å². The summed E-state index contributed by atoms with van der Waals surface area (Å²) in [5.41, 5.74) is 0.715. The Morgan fingerprint density at radius 1 is 1.20 bits per heavy atom. The van der Waals surface area contributed by atoms with Gasteiger partial charge in [0.05, 0.1) is 37.2 Å². The molecule has 0 saturated carbocycles. The van der Waals surface area contributed by atoms with Crippen molar-refractivity contribution in [2.75, 3.05) is 0 Å². The summed E-state index contributed by atoms with van der Waals surface area (Å²) in [7, 11) is 1.76. The molecule has 0 fully saturated rings. The Labute approximate surface area is 171 Å².